The predicted octanol–water partition coefficient (Wildman–Crippen LogP) is -0.111. The molecule has 3 atom stereocenters. The lowest BCUT2D eigenvalue weighted by Crippen LogP contribution is -2.47. The summed E-state index contributed by atoms with van der Waals surface area (Å²) in [6.45, 7) is 4.94. The molecule has 0 aromatic rings. The van der Waals surface area contributed by atoms with E-state index in [1.54, 1.807) is 4.90 Å². The highest BCUT2D eigenvalue weighted by Gasteiger charge is 2.40. The third-order valence-electron chi connectivity index (χ3n) is 3.00. The number of ether oxygens (including phenoxy) is 1. The van der Waals surface area contributed by atoms with Gasteiger partial charge in [0.05, 0.1) is 12.1 Å². The van der Waals surface area contributed by atoms with Gasteiger partial charge in [-0.15, -0.1) is 0 Å². The van der Waals surface area contributed by atoms with Gasteiger partial charge in [0.1, 0.15) is 0 Å². The third-order valence-corrected chi connectivity index (χ3v) is 3.00. The molecule has 2 fully saturated rings. The fourth-order valence-corrected chi connectivity index (χ4v) is 2.18. The molecule has 0 radical (unpaired) electrons. The van der Waals surface area contributed by atoms with Crippen molar-refractivity contribution in [1.29, 1.82) is 0 Å². The topological polar surface area (TPSA) is 55.6 Å². The highest BCUT2D eigenvalue weighted by molar-refractivity contribution is 5.87. The number of rotatable bonds is 2. The van der Waals surface area contributed by atoms with E-state index in [0.717, 1.165) is 19.4 Å². The van der Waals surface area contributed by atoms with Crippen LogP contribution < -0.4 is 5.73 Å². The zero-order valence-corrected chi connectivity index (χ0v) is 8.19. The summed E-state index contributed by atoms with van der Waals surface area (Å²) in [5.74, 6) is -0.0292. The van der Waals surface area contributed by atoms with Crippen molar-refractivity contribution < 1.29 is 9.53 Å². The van der Waals surface area contributed by atoms with Gasteiger partial charge in [0.25, 0.3) is 0 Å². The van der Waals surface area contributed by atoms with Crippen molar-refractivity contribution in [2.45, 2.75) is 31.0 Å². The molecule has 2 heterocycles. The van der Waals surface area contributed by atoms with Gasteiger partial charge in [-0.2, -0.15) is 0 Å². The number of likely N-dealkylation sites (tertiary alicyclic amines) is 1. The normalized spacial score (nSPS) is 36.6. The monoisotopic (exact) mass is 196 g/mol. The summed E-state index contributed by atoms with van der Waals surface area (Å²) < 4.78 is 5.40. The van der Waals surface area contributed by atoms with Crippen molar-refractivity contribution in [3.05, 3.63) is 12.7 Å². The maximum Gasteiger partial charge on any atom is 0.246 e. The maximum atomic E-state index is 11.5. The minimum atomic E-state index is -0.0292. The van der Waals surface area contributed by atoms with Gasteiger partial charge < -0.3 is 15.4 Å². The van der Waals surface area contributed by atoms with Gasteiger partial charge >= 0.3 is 0 Å². The molecule has 0 unspecified atom stereocenters. The Bertz CT molecular complexity index is 251. The van der Waals surface area contributed by atoms with Crippen LogP contribution >= 0.6 is 0 Å². The number of hydrogen-bond acceptors (Lipinski definition) is 3. The quantitative estimate of drug-likeness (QED) is 0.627. The molecule has 2 N–H and O–H groups in total. The molecule has 4 heteroatoms. The van der Waals surface area contributed by atoms with Crippen LogP contribution in [0.5, 0.6) is 0 Å². The van der Waals surface area contributed by atoms with Crippen molar-refractivity contribution in [2.24, 2.45) is 5.73 Å². The molecule has 78 valence electrons. The molecule has 0 aromatic carbocycles. The summed E-state index contributed by atoms with van der Waals surface area (Å²) in [4.78, 5) is 13.3. The van der Waals surface area contributed by atoms with E-state index >= 15 is 0 Å². The zero-order chi connectivity index (χ0) is 10.1. The van der Waals surface area contributed by atoms with Crippen LogP contribution in [0.3, 0.4) is 0 Å². The number of amides is 1. The van der Waals surface area contributed by atoms with Crippen LogP contribution in [0.1, 0.15) is 12.8 Å². The van der Waals surface area contributed by atoms with E-state index in [2.05, 4.69) is 6.58 Å². The van der Waals surface area contributed by atoms with Gasteiger partial charge in [-0.05, 0) is 18.9 Å². The number of carbonyl (C=O) groups is 1. The smallest absolute Gasteiger partial charge is 0.246 e. The molecule has 2 aliphatic heterocycles. The molecule has 4 nitrogen and oxygen atoms in total. The summed E-state index contributed by atoms with van der Waals surface area (Å²) in [6, 6.07) is 0.261. The van der Waals surface area contributed by atoms with Crippen LogP contribution in [-0.4, -0.2) is 42.1 Å². The molecule has 2 aliphatic rings. The Labute approximate surface area is 83.7 Å². The first-order valence-corrected chi connectivity index (χ1v) is 5.02. The van der Waals surface area contributed by atoms with Gasteiger partial charge in [0.2, 0.25) is 5.91 Å². The van der Waals surface area contributed by atoms with E-state index in [0.29, 0.717) is 6.54 Å². The van der Waals surface area contributed by atoms with Crippen LogP contribution in [0.2, 0.25) is 0 Å². The molecule has 0 aromatic heterocycles. The average Bonchev–Trinajstić information content (AvgIpc) is 2.43. The van der Waals surface area contributed by atoms with E-state index in [1.807, 2.05) is 0 Å². The molecular formula is C10H16N2O2. The fourth-order valence-electron chi connectivity index (χ4n) is 2.18. The Balaban J connectivity index is 2.05. The van der Waals surface area contributed by atoms with Crippen LogP contribution in [0, 0.1) is 0 Å². The molecule has 2 saturated heterocycles. The number of nitrogens with zero attached hydrogens (tertiary/aromatic N) is 1. The number of nitrogens with two attached hydrogens (primary N) is 1. The van der Waals surface area contributed by atoms with Crippen molar-refractivity contribution >= 4 is 5.91 Å². The lowest BCUT2D eigenvalue weighted by molar-refractivity contribution is -0.136. The second-order valence-corrected chi connectivity index (χ2v) is 3.96. The molecule has 14 heavy (non-hydrogen) atoms. The van der Waals surface area contributed by atoms with E-state index < -0.39 is 0 Å². The first kappa shape index (κ1) is 9.68. The first-order chi connectivity index (χ1) is 6.72. The van der Waals surface area contributed by atoms with Gasteiger partial charge in [0.15, 0.2) is 0 Å². The first-order valence-electron chi connectivity index (χ1n) is 5.02. The zero-order valence-electron chi connectivity index (χ0n) is 8.19. The maximum absolute atomic E-state index is 11.5. The molecule has 2 rings (SSSR count). The molecule has 0 saturated carbocycles. The summed E-state index contributed by atoms with van der Waals surface area (Å²) in [6.07, 6.45) is 3.44. The van der Waals surface area contributed by atoms with Gasteiger partial charge in [-0.25, -0.2) is 0 Å². The van der Waals surface area contributed by atoms with Crippen LogP contribution in [0.15, 0.2) is 12.7 Å². The summed E-state index contributed by atoms with van der Waals surface area (Å²) >= 11 is 0. The largest absolute Gasteiger partial charge is 0.376 e. The minimum Gasteiger partial charge on any atom is -0.376 e. The third kappa shape index (κ3) is 1.55. The summed E-state index contributed by atoms with van der Waals surface area (Å²) in [5.41, 5.74) is 5.84. The molecular weight excluding hydrogens is 180 g/mol. The van der Waals surface area contributed by atoms with Crippen molar-refractivity contribution in [3.8, 4) is 0 Å². The Morgan fingerprint density at radius 1 is 1.64 bits per heavy atom. The SMILES string of the molecule is C=CC(=O)N1C[C@@H](N)C[C@@H]1[C@@H]1CCO1. The Hall–Kier alpha value is -0.870. The van der Waals surface area contributed by atoms with E-state index in [9.17, 15) is 4.79 Å². The lowest BCUT2D eigenvalue weighted by atomic mass is 10.0. The summed E-state index contributed by atoms with van der Waals surface area (Å²) in [7, 11) is 0. The van der Waals surface area contributed by atoms with Crippen molar-refractivity contribution in [2.75, 3.05) is 13.2 Å². The molecule has 1 amide bonds. The fraction of sp³-hybridized carbons (Fsp3) is 0.700. The van der Waals surface area contributed by atoms with E-state index in [-0.39, 0.29) is 24.1 Å². The minimum absolute atomic E-state index is 0.0292. The molecule has 0 spiro atoms. The van der Waals surface area contributed by atoms with Gasteiger partial charge in [0, 0.05) is 19.2 Å². The van der Waals surface area contributed by atoms with E-state index in [4.69, 9.17) is 10.5 Å². The second-order valence-electron chi connectivity index (χ2n) is 3.96. The Morgan fingerprint density at radius 3 is 2.86 bits per heavy atom. The lowest BCUT2D eigenvalue weighted by Gasteiger charge is -2.36. The number of hydrogen-bond donors (Lipinski definition) is 1. The van der Waals surface area contributed by atoms with Crippen LogP contribution in [0.4, 0.5) is 0 Å². The van der Waals surface area contributed by atoms with Gasteiger partial charge in [-0.3, -0.25) is 4.79 Å². The van der Waals surface area contributed by atoms with Crippen LogP contribution in [-0.2, 0) is 9.53 Å². The molecule has 0 aliphatic carbocycles. The second kappa shape index (κ2) is 3.71. The number of carbonyl (C=O) groups excluding carboxylic acids is 1. The average molecular weight is 196 g/mol. The van der Waals surface area contributed by atoms with Crippen LogP contribution in [0.25, 0.3) is 0 Å². The Kier molecular flexibility index (Phi) is 2.56. The van der Waals surface area contributed by atoms with Crippen molar-refractivity contribution in [3.63, 3.8) is 0 Å². The summed E-state index contributed by atoms with van der Waals surface area (Å²) in [5, 5.41) is 0. The van der Waals surface area contributed by atoms with E-state index in [1.165, 1.54) is 6.08 Å². The Morgan fingerprint density at radius 2 is 2.36 bits per heavy atom. The van der Waals surface area contributed by atoms with Gasteiger partial charge in [-0.1, -0.05) is 6.58 Å². The highest BCUT2D eigenvalue weighted by Crippen LogP contribution is 2.27. The standard InChI is InChI=1S/C10H16N2O2/c1-2-10(13)12-6-7(11)5-8(12)9-3-4-14-9/h2,7-9H,1,3-6,11H2/t7-,8+,9-/m0/s1. The molecule has 0 bridgehead atoms. The predicted molar refractivity (Wildman–Crippen MR) is 52.6 cm³/mol. The highest BCUT2D eigenvalue weighted by atomic mass is 16.5. The van der Waals surface area contributed by atoms with Crippen molar-refractivity contribution in [1.82, 2.24) is 4.90 Å².